The van der Waals surface area contributed by atoms with Gasteiger partial charge in [0.25, 0.3) is 0 Å². The lowest BCUT2D eigenvalue weighted by atomic mass is 9.80. The van der Waals surface area contributed by atoms with Crippen molar-refractivity contribution in [3.8, 4) is 0 Å². The molecular weight excluding hydrogens is 237 g/mol. The first-order chi connectivity index (χ1) is 8.07. The Labute approximate surface area is 104 Å². The summed E-state index contributed by atoms with van der Waals surface area (Å²) < 4.78 is 16.7. The van der Waals surface area contributed by atoms with E-state index >= 15 is 0 Å². The van der Waals surface area contributed by atoms with Gasteiger partial charge in [-0.15, -0.1) is 0 Å². The van der Waals surface area contributed by atoms with Crippen molar-refractivity contribution in [3.63, 3.8) is 0 Å². The lowest BCUT2D eigenvalue weighted by molar-refractivity contribution is 0.237. The SMILES string of the molecule is CCOP(=O)(O)CC1CCCC(CCCN)C1. The van der Waals surface area contributed by atoms with Crippen LogP contribution in [0.2, 0.25) is 0 Å². The molecule has 0 amide bonds. The average Bonchev–Trinajstić information content (AvgIpc) is 2.26. The molecule has 5 heteroatoms. The van der Waals surface area contributed by atoms with E-state index in [4.69, 9.17) is 10.3 Å². The normalized spacial score (nSPS) is 28.9. The van der Waals surface area contributed by atoms with Gasteiger partial charge in [-0.3, -0.25) is 4.57 Å². The molecule has 3 atom stereocenters. The topological polar surface area (TPSA) is 72.5 Å². The smallest absolute Gasteiger partial charge is 0.328 e. The highest BCUT2D eigenvalue weighted by Crippen LogP contribution is 2.47. The van der Waals surface area contributed by atoms with Crippen molar-refractivity contribution >= 4 is 7.60 Å². The Bertz CT molecular complexity index is 260. The molecule has 0 saturated heterocycles. The molecule has 0 aromatic rings. The molecule has 4 nitrogen and oxygen atoms in total. The lowest BCUT2D eigenvalue weighted by Crippen LogP contribution is -2.19. The minimum Gasteiger partial charge on any atom is -0.330 e. The van der Waals surface area contributed by atoms with Gasteiger partial charge in [-0.2, -0.15) is 0 Å². The lowest BCUT2D eigenvalue weighted by Gasteiger charge is -2.30. The summed E-state index contributed by atoms with van der Waals surface area (Å²) in [4.78, 5) is 9.64. The molecule has 0 spiro atoms. The van der Waals surface area contributed by atoms with Gasteiger partial charge in [-0.05, 0) is 51.0 Å². The van der Waals surface area contributed by atoms with Gasteiger partial charge < -0.3 is 15.2 Å². The largest absolute Gasteiger partial charge is 0.330 e. The number of hydrogen-bond acceptors (Lipinski definition) is 3. The van der Waals surface area contributed by atoms with Crippen LogP contribution in [0.1, 0.15) is 45.4 Å². The van der Waals surface area contributed by atoms with Crippen LogP contribution in [0.3, 0.4) is 0 Å². The maximum absolute atomic E-state index is 11.7. The molecule has 0 radical (unpaired) electrons. The first-order valence-electron chi connectivity index (χ1n) is 6.73. The quantitative estimate of drug-likeness (QED) is 0.693. The zero-order valence-corrected chi connectivity index (χ0v) is 11.7. The first kappa shape index (κ1) is 15.2. The van der Waals surface area contributed by atoms with Crippen molar-refractivity contribution in [2.45, 2.75) is 45.4 Å². The van der Waals surface area contributed by atoms with Gasteiger partial charge in [0.15, 0.2) is 0 Å². The molecule has 102 valence electrons. The summed E-state index contributed by atoms with van der Waals surface area (Å²) in [6.07, 6.45) is 7.12. The molecule has 1 fully saturated rings. The van der Waals surface area contributed by atoms with E-state index in [-0.39, 0.29) is 0 Å². The molecule has 1 saturated carbocycles. The van der Waals surface area contributed by atoms with Gasteiger partial charge in [0.2, 0.25) is 0 Å². The van der Waals surface area contributed by atoms with Crippen LogP contribution >= 0.6 is 7.60 Å². The van der Waals surface area contributed by atoms with Gasteiger partial charge >= 0.3 is 7.60 Å². The van der Waals surface area contributed by atoms with E-state index in [0.29, 0.717) is 24.6 Å². The molecule has 1 rings (SSSR count). The molecule has 0 bridgehead atoms. The number of nitrogens with two attached hydrogens (primary N) is 1. The van der Waals surface area contributed by atoms with E-state index in [9.17, 15) is 9.46 Å². The maximum atomic E-state index is 11.7. The van der Waals surface area contributed by atoms with Crippen molar-refractivity contribution in [1.29, 1.82) is 0 Å². The summed E-state index contributed by atoms with van der Waals surface area (Å²) in [5, 5.41) is 0. The Morgan fingerprint density at radius 3 is 2.76 bits per heavy atom. The van der Waals surface area contributed by atoms with Crippen molar-refractivity contribution in [2.75, 3.05) is 19.3 Å². The second-order valence-corrected chi connectivity index (χ2v) is 6.97. The monoisotopic (exact) mass is 263 g/mol. The molecule has 0 aliphatic heterocycles. The Kier molecular flexibility index (Phi) is 6.71. The fraction of sp³-hybridized carbons (Fsp3) is 1.00. The zero-order valence-electron chi connectivity index (χ0n) is 10.8. The van der Waals surface area contributed by atoms with Crippen LogP contribution in [0, 0.1) is 11.8 Å². The van der Waals surface area contributed by atoms with Crippen molar-refractivity contribution < 1.29 is 14.0 Å². The van der Waals surface area contributed by atoms with Gasteiger partial charge in [-0.1, -0.05) is 12.8 Å². The average molecular weight is 263 g/mol. The molecular formula is C12H26NO3P. The minimum absolute atomic E-state index is 0.317. The fourth-order valence-electron chi connectivity index (χ4n) is 2.82. The van der Waals surface area contributed by atoms with Crippen LogP contribution in [0.15, 0.2) is 0 Å². The maximum Gasteiger partial charge on any atom is 0.328 e. The van der Waals surface area contributed by atoms with Crippen LogP contribution in [-0.2, 0) is 9.09 Å². The van der Waals surface area contributed by atoms with Crippen LogP contribution < -0.4 is 5.73 Å². The predicted molar refractivity (Wildman–Crippen MR) is 70.1 cm³/mol. The number of hydrogen-bond donors (Lipinski definition) is 2. The zero-order chi connectivity index (χ0) is 12.7. The molecule has 3 unspecified atom stereocenters. The van der Waals surface area contributed by atoms with E-state index in [2.05, 4.69) is 0 Å². The summed E-state index contributed by atoms with van der Waals surface area (Å²) in [5.74, 6) is 1.05. The van der Waals surface area contributed by atoms with Gasteiger partial charge in [0.05, 0.1) is 12.8 Å². The van der Waals surface area contributed by atoms with Crippen LogP contribution in [0.5, 0.6) is 0 Å². The highest BCUT2D eigenvalue weighted by atomic mass is 31.2. The molecule has 0 aromatic carbocycles. The Morgan fingerprint density at radius 1 is 1.41 bits per heavy atom. The van der Waals surface area contributed by atoms with Crippen LogP contribution in [0.4, 0.5) is 0 Å². The Balaban J connectivity index is 2.36. The van der Waals surface area contributed by atoms with Crippen LogP contribution in [0.25, 0.3) is 0 Å². The van der Waals surface area contributed by atoms with Gasteiger partial charge in [0.1, 0.15) is 0 Å². The number of rotatable bonds is 7. The molecule has 3 N–H and O–H groups in total. The van der Waals surface area contributed by atoms with E-state index in [1.54, 1.807) is 6.92 Å². The summed E-state index contributed by atoms with van der Waals surface area (Å²) in [6.45, 7) is 2.82. The van der Waals surface area contributed by atoms with Crippen LogP contribution in [-0.4, -0.2) is 24.2 Å². The third kappa shape index (κ3) is 6.01. The third-order valence-corrected chi connectivity index (χ3v) is 5.17. The second-order valence-electron chi connectivity index (χ2n) is 5.07. The fourth-order valence-corrected chi connectivity index (χ4v) is 4.31. The summed E-state index contributed by atoms with van der Waals surface area (Å²) >= 11 is 0. The minimum atomic E-state index is -3.34. The molecule has 17 heavy (non-hydrogen) atoms. The van der Waals surface area contributed by atoms with Crippen molar-refractivity contribution in [2.24, 2.45) is 17.6 Å². The van der Waals surface area contributed by atoms with E-state index in [0.717, 1.165) is 32.2 Å². The highest BCUT2D eigenvalue weighted by molar-refractivity contribution is 7.52. The molecule has 1 aliphatic carbocycles. The Hall–Kier alpha value is 0.110. The van der Waals surface area contributed by atoms with E-state index in [1.165, 1.54) is 12.8 Å². The van der Waals surface area contributed by atoms with E-state index < -0.39 is 7.60 Å². The second kappa shape index (κ2) is 7.52. The third-order valence-electron chi connectivity index (χ3n) is 3.53. The Morgan fingerprint density at radius 2 is 2.12 bits per heavy atom. The van der Waals surface area contributed by atoms with Gasteiger partial charge in [0, 0.05) is 0 Å². The van der Waals surface area contributed by atoms with E-state index in [1.807, 2.05) is 0 Å². The molecule has 0 heterocycles. The highest BCUT2D eigenvalue weighted by Gasteiger charge is 2.29. The van der Waals surface area contributed by atoms with Crippen molar-refractivity contribution in [3.05, 3.63) is 0 Å². The first-order valence-corrected chi connectivity index (χ1v) is 8.50. The molecule has 1 aliphatic rings. The summed E-state index contributed by atoms with van der Waals surface area (Å²) in [6, 6.07) is 0. The predicted octanol–water partition coefficient (Wildman–Crippen LogP) is 2.75. The summed E-state index contributed by atoms with van der Waals surface area (Å²) in [5.41, 5.74) is 5.52. The molecule has 0 aromatic heterocycles. The van der Waals surface area contributed by atoms with Gasteiger partial charge in [-0.25, -0.2) is 0 Å². The standard InChI is InChI=1S/C12H26NO3P/c1-2-16-17(14,15)10-12-6-3-5-11(9-12)7-4-8-13/h11-12H,2-10,13H2,1H3,(H,14,15). The summed E-state index contributed by atoms with van der Waals surface area (Å²) in [7, 11) is -3.34. The van der Waals surface area contributed by atoms with Crippen molar-refractivity contribution in [1.82, 2.24) is 0 Å².